The van der Waals surface area contributed by atoms with Gasteiger partial charge in [0, 0.05) is 5.56 Å². The van der Waals surface area contributed by atoms with Crippen LogP contribution in [0.15, 0.2) is 54.6 Å². The monoisotopic (exact) mass is 425 g/mol. The molecule has 7 heteroatoms. The maximum absolute atomic E-state index is 14.0. The van der Waals surface area contributed by atoms with Gasteiger partial charge in [-0.05, 0) is 60.7 Å². The zero-order valence-electron chi connectivity index (χ0n) is 16.4. The number of aromatic nitrogens is 1. The lowest BCUT2D eigenvalue weighted by atomic mass is 9.99. The lowest BCUT2D eigenvalue weighted by Gasteiger charge is -2.15. The van der Waals surface area contributed by atoms with E-state index in [1.807, 2.05) is 12.1 Å². The number of benzene rings is 2. The summed E-state index contributed by atoms with van der Waals surface area (Å²) in [7, 11) is 0. The summed E-state index contributed by atoms with van der Waals surface area (Å²) < 4.78 is 47.1. The molecule has 158 valence electrons. The van der Waals surface area contributed by atoms with Crippen molar-refractivity contribution in [3.05, 3.63) is 94.6 Å². The zero-order valence-corrected chi connectivity index (χ0v) is 16.4. The lowest BCUT2D eigenvalue weighted by Crippen LogP contribution is -2.05. The summed E-state index contributed by atoms with van der Waals surface area (Å²) in [6.45, 7) is -0.470. The third-order valence-electron chi connectivity index (χ3n) is 5.22. The minimum Gasteiger partial charge on any atom is -0.488 e. The summed E-state index contributed by atoms with van der Waals surface area (Å²) in [5.41, 5.74) is 2.62. The van der Waals surface area contributed by atoms with Gasteiger partial charge in [-0.2, -0.15) is 0 Å². The number of para-hydroxylation sites is 1. The number of rotatable bonds is 6. The highest BCUT2D eigenvalue weighted by Crippen LogP contribution is 2.42. The van der Waals surface area contributed by atoms with Gasteiger partial charge in [0.2, 0.25) is 0 Å². The molecule has 0 atom stereocenters. The molecule has 1 aliphatic rings. The van der Waals surface area contributed by atoms with Crippen LogP contribution in [0.1, 0.15) is 46.6 Å². The second kappa shape index (κ2) is 8.63. The van der Waals surface area contributed by atoms with Crippen molar-refractivity contribution in [3.8, 4) is 5.75 Å². The third-order valence-corrected chi connectivity index (χ3v) is 5.22. The van der Waals surface area contributed by atoms with Gasteiger partial charge in [-0.3, -0.25) is 0 Å². The first-order valence-electron chi connectivity index (χ1n) is 9.73. The van der Waals surface area contributed by atoms with E-state index in [2.05, 4.69) is 4.98 Å². The van der Waals surface area contributed by atoms with Gasteiger partial charge in [-0.1, -0.05) is 24.3 Å². The molecular formula is C24H18F3NO3. The number of carboxylic acid groups (broad SMARTS) is 1. The largest absolute Gasteiger partial charge is 0.488 e. The number of hydrogen-bond donors (Lipinski definition) is 1. The van der Waals surface area contributed by atoms with Gasteiger partial charge in [0.25, 0.3) is 0 Å². The van der Waals surface area contributed by atoms with Crippen LogP contribution in [0.2, 0.25) is 0 Å². The number of pyridine rings is 1. The van der Waals surface area contributed by atoms with E-state index in [9.17, 15) is 23.1 Å². The molecule has 0 spiro atoms. The summed E-state index contributed by atoms with van der Waals surface area (Å²) in [6, 6.07) is 13.5. The van der Waals surface area contributed by atoms with Crippen molar-refractivity contribution in [1.82, 2.24) is 4.98 Å². The number of allylic oxidation sites excluding steroid dienone is 2. The zero-order chi connectivity index (χ0) is 22.0. The van der Waals surface area contributed by atoms with Crippen LogP contribution in [0.3, 0.4) is 0 Å². The van der Waals surface area contributed by atoms with Crippen molar-refractivity contribution >= 4 is 17.1 Å². The van der Waals surface area contributed by atoms with Gasteiger partial charge >= 0.3 is 5.97 Å². The molecule has 0 fully saturated rings. The highest BCUT2D eigenvalue weighted by atomic mass is 19.2. The Morgan fingerprint density at radius 2 is 1.68 bits per heavy atom. The maximum Gasteiger partial charge on any atom is 0.354 e. The van der Waals surface area contributed by atoms with Crippen LogP contribution in [0, 0.1) is 17.5 Å². The summed E-state index contributed by atoms with van der Waals surface area (Å²) in [4.78, 5) is 15.5. The Labute approximate surface area is 176 Å². The van der Waals surface area contributed by atoms with Gasteiger partial charge in [-0.25, -0.2) is 22.9 Å². The Morgan fingerprint density at radius 1 is 0.935 bits per heavy atom. The molecule has 4 rings (SSSR count). The van der Waals surface area contributed by atoms with Crippen molar-refractivity contribution in [1.29, 1.82) is 0 Å². The molecular weight excluding hydrogens is 407 g/mol. The van der Waals surface area contributed by atoms with E-state index in [0.717, 1.165) is 41.7 Å². The van der Waals surface area contributed by atoms with E-state index in [1.165, 1.54) is 6.07 Å². The summed E-state index contributed by atoms with van der Waals surface area (Å²) >= 11 is 0. The molecule has 0 saturated carbocycles. The first kappa shape index (κ1) is 20.7. The van der Waals surface area contributed by atoms with Crippen molar-refractivity contribution in [2.45, 2.75) is 25.9 Å². The molecule has 0 amide bonds. The van der Waals surface area contributed by atoms with E-state index in [4.69, 9.17) is 4.74 Å². The average Bonchev–Trinajstić information content (AvgIpc) is 3.26. The molecule has 4 nitrogen and oxygen atoms in total. The molecule has 0 unspecified atom stereocenters. The number of ether oxygens (including phenoxy) is 1. The van der Waals surface area contributed by atoms with Crippen molar-refractivity contribution in [2.75, 3.05) is 0 Å². The molecule has 0 aliphatic heterocycles. The lowest BCUT2D eigenvalue weighted by molar-refractivity contribution is 0.0690. The molecule has 1 aliphatic carbocycles. The quantitative estimate of drug-likeness (QED) is 0.502. The molecule has 3 aromatic rings. The van der Waals surface area contributed by atoms with Crippen LogP contribution >= 0.6 is 0 Å². The van der Waals surface area contributed by atoms with E-state index in [-0.39, 0.29) is 5.69 Å². The number of nitrogens with zero attached hydrogens (tertiary/aromatic N) is 1. The highest BCUT2D eigenvalue weighted by molar-refractivity contribution is 5.94. The molecule has 2 aromatic carbocycles. The van der Waals surface area contributed by atoms with Gasteiger partial charge < -0.3 is 9.84 Å². The number of halogens is 3. The standard InChI is InChI=1S/C24H18F3NO3/c25-18-11-12-19(26)23(27)17(18)13-31-22-10-2-1-5-16(22)14-6-3-7-15(14)20-8-4-9-21(28-20)24(29)30/h1-2,4-5,8-12H,3,6-7,13H2,(H,29,30). The molecule has 31 heavy (non-hydrogen) atoms. The predicted molar refractivity (Wildman–Crippen MR) is 109 cm³/mol. The Kier molecular flexibility index (Phi) is 5.75. The van der Waals surface area contributed by atoms with E-state index >= 15 is 0 Å². The van der Waals surface area contributed by atoms with Gasteiger partial charge in [0.15, 0.2) is 11.6 Å². The van der Waals surface area contributed by atoms with Crippen LogP contribution in [0.4, 0.5) is 13.2 Å². The first-order chi connectivity index (χ1) is 15.0. The normalized spacial score (nSPS) is 13.5. The van der Waals surface area contributed by atoms with E-state index in [1.54, 1.807) is 24.3 Å². The van der Waals surface area contributed by atoms with Crippen LogP contribution < -0.4 is 4.74 Å². The number of aromatic carboxylic acids is 1. The van der Waals surface area contributed by atoms with Gasteiger partial charge in [0.05, 0.1) is 11.3 Å². The first-order valence-corrected chi connectivity index (χ1v) is 9.73. The molecule has 1 aromatic heterocycles. The van der Waals surface area contributed by atoms with Gasteiger partial charge in [-0.15, -0.1) is 0 Å². The van der Waals surface area contributed by atoms with E-state index in [0.29, 0.717) is 17.9 Å². The fourth-order valence-corrected chi connectivity index (χ4v) is 3.74. The Balaban J connectivity index is 1.70. The smallest absolute Gasteiger partial charge is 0.354 e. The van der Waals surface area contributed by atoms with Crippen molar-refractivity contribution in [2.24, 2.45) is 0 Å². The van der Waals surface area contributed by atoms with Crippen LogP contribution in [-0.2, 0) is 6.61 Å². The van der Waals surface area contributed by atoms with Crippen LogP contribution in [-0.4, -0.2) is 16.1 Å². The van der Waals surface area contributed by atoms with Gasteiger partial charge in [0.1, 0.15) is 23.9 Å². The van der Waals surface area contributed by atoms with Crippen molar-refractivity contribution < 1.29 is 27.8 Å². The van der Waals surface area contributed by atoms with Crippen LogP contribution in [0.25, 0.3) is 11.1 Å². The minimum absolute atomic E-state index is 0.0437. The highest BCUT2D eigenvalue weighted by Gasteiger charge is 2.22. The second-order valence-corrected chi connectivity index (χ2v) is 7.13. The Bertz CT molecular complexity index is 1190. The second-order valence-electron chi connectivity index (χ2n) is 7.13. The topological polar surface area (TPSA) is 59.4 Å². The summed E-state index contributed by atoms with van der Waals surface area (Å²) in [6.07, 6.45) is 2.29. The Morgan fingerprint density at radius 3 is 2.48 bits per heavy atom. The minimum atomic E-state index is -1.27. The number of hydrogen-bond acceptors (Lipinski definition) is 3. The number of carbonyl (C=O) groups is 1. The molecule has 0 saturated heterocycles. The number of carboxylic acids is 1. The molecule has 1 N–H and O–H groups in total. The van der Waals surface area contributed by atoms with E-state index < -0.39 is 35.6 Å². The average molecular weight is 425 g/mol. The SMILES string of the molecule is O=C(O)c1cccc(C2=C(c3ccccc3OCc3c(F)ccc(F)c3F)CCC2)n1. The van der Waals surface area contributed by atoms with Crippen LogP contribution in [0.5, 0.6) is 5.75 Å². The Hall–Kier alpha value is -3.61. The van der Waals surface area contributed by atoms with Crippen molar-refractivity contribution in [3.63, 3.8) is 0 Å². The fraction of sp³-hybridized carbons (Fsp3) is 0.167. The maximum atomic E-state index is 14.0. The molecule has 0 bridgehead atoms. The summed E-state index contributed by atoms with van der Waals surface area (Å²) in [5.74, 6) is -4.00. The fourth-order valence-electron chi connectivity index (χ4n) is 3.74. The molecule has 0 radical (unpaired) electrons. The third kappa shape index (κ3) is 4.17. The summed E-state index contributed by atoms with van der Waals surface area (Å²) in [5, 5.41) is 9.24. The predicted octanol–water partition coefficient (Wildman–Crippen LogP) is 5.87. The molecule has 1 heterocycles.